The lowest BCUT2D eigenvalue weighted by Gasteiger charge is -2.21. The summed E-state index contributed by atoms with van der Waals surface area (Å²) >= 11 is 0. The van der Waals surface area contributed by atoms with Crippen LogP contribution in [0.25, 0.3) is 0 Å². The van der Waals surface area contributed by atoms with E-state index in [0.29, 0.717) is 35.6 Å². The number of hydrogen-bond donors (Lipinski definition) is 1. The Bertz CT molecular complexity index is 699. The van der Waals surface area contributed by atoms with Crippen LogP contribution in [-0.2, 0) is 0 Å². The van der Waals surface area contributed by atoms with Crippen LogP contribution in [0, 0.1) is 11.5 Å². The molecule has 2 heterocycles. The molecule has 1 saturated heterocycles. The smallest absolute Gasteiger partial charge is 0.257 e. The third-order valence-electron chi connectivity index (χ3n) is 3.80. The zero-order valence-electron chi connectivity index (χ0n) is 13.7. The molecule has 1 atom stereocenters. The van der Waals surface area contributed by atoms with Gasteiger partial charge < -0.3 is 19.5 Å². The number of aliphatic hydroxyl groups is 1. The van der Waals surface area contributed by atoms with Crippen molar-refractivity contribution in [1.82, 2.24) is 4.90 Å². The first-order valence-electron chi connectivity index (χ1n) is 7.81. The molecule has 0 saturated carbocycles. The number of benzene rings is 1. The minimum Gasteiger partial charge on any atom is -0.454 e. The highest BCUT2D eigenvalue weighted by Gasteiger charge is 2.30. The van der Waals surface area contributed by atoms with Gasteiger partial charge in [0.2, 0.25) is 6.79 Å². The summed E-state index contributed by atoms with van der Waals surface area (Å²) in [5, 5.41) is 9.98. The quantitative estimate of drug-likeness (QED) is 0.633. The first-order valence-corrected chi connectivity index (χ1v) is 11.3. The standard InChI is InChI=1S/C17H21NO4Si/c1-23(2,3)8-6-12-9-14-15(22-11-21-14)10-13(12)17(20)18-7-4-5-16(18)19/h9-10,16,19H,4-5,7,11H2,1-3H3. The highest BCUT2D eigenvalue weighted by Crippen LogP contribution is 2.35. The van der Waals surface area contributed by atoms with Crippen molar-refractivity contribution < 1.29 is 19.4 Å². The molecule has 1 amide bonds. The molecule has 2 aliphatic heterocycles. The van der Waals surface area contributed by atoms with Crippen LogP contribution in [0.5, 0.6) is 11.5 Å². The fourth-order valence-electron chi connectivity index (χ4n) is 2.62. The molecule has 0 radical (unpaired) electrons. The maximum absolute atomic E-state index is 12.8. The van der Waals surface area contributed by atoms with Crippen LogP contribution in [0.4, 0.5) is 0 Å². The maximum Gasteiger partial charge on any atom is 0.257 e. The third kappa shape index (κ3) is 3.36. The molecule has 1 aromatic rings. The summed E-state index contributed by atoms with van der Waals surface area (Å²) in [4.78, 5) is 14.3. The summed E-state index contributed by atoms with van der Waals surface area (Å²) in [6.07, 6.45) is 0.713. The van der Waals surface area contributed by atoms with Gasteiger partial charge in [0.25, 0.3) is 5.91 Å². The molecule has 1 unspecified atom stereocenters. The molecule has 23 heavy (non-hydrogen) atoms. The van der Waals surface area contributed by atoms with E-state index in [0.717, 1.165) is 6.42 Å². The Morgan fingerprint density at radius 2 is 2.00 bits per heavy atom. The van der Waals surface area contributed by atoms with Gasteiger partial charge in [0.05, 0.1) is 5.56 Å². The number of ether oxygens (including phenoxy) is 2. The Balaban J connectivity index is 2.03. The maximum atomic E-state index is 12.8. The van der Waals surface area contributed by atoms with Crippen LogP contribution in [-0.4, -0.2) is 43.6 Å². The average molecular weight is 331 g/mol. The molecule has 5 nitrogen and oxygen atoms in total. The molecule has 0 aromatic heterocycles. The van der Waals surface area contributed by atoms with Crippen molar-refractivity contribution in [3.05, 3.63) is 23.3 Å². The normalized spacial score (nSPS) is 19.5. The van der Waals surface area contributed by atoms with Gasteiger partial charge in [0.15, 0.2) is 11.5 Å². The van der Waals surface area contributed by atoms with E-state index in [1.54, 1.807) is 12.1 Å². The van der Waals surface area contributed by atoms with Gasteiger partial charge in [-0.25, -0.2) is 0 Å². The van der Waals surface area contributed by atoms with Gasteiger partial charge in [0, 0.05) is 18.2 Å². The topological polar surface area (TPSA) is 59.0 Å². The SMILES string of the molecule is C[Si](C)(C)C#Cc1cc2c(cc1C(=O)N1CCCC1O)OCO2. The van der Waals surface area contributed by atoms with E-state index in [2.05, 4.69) is 31.1 Å². The largest absolute Gasteiger partial charge is 0.454 e. The summed E-state index contributed by atoms with van der Waals surface area (Å²) in [6.45, 7) is 7.17. The predicted molar refractivity (Wildman–Crippen MR) is 89.1 cm³/mol. The fourth-order valence-corrected chi connectivity index (χ4v) is 3.13. The van der Waals surface area contributed by atoms with Gasteiger partial charge in [-0.05, 0) is 18.9 Å². The number of nitrogens with zero attached hydrogens (tertiary/aromatic N) is 1. The Hall–Kier alpha value is -1.97. The van der Waals surface area contributed by atoms with Crippen LogP contribution >= 0.6 is 0 Å². The van der Waals surface area contributed by atoms with Crippen LogP contribution in [0.2, 0.25) is 19.6 Å². The molecular weight excluding hydrogens is 310 g/mol. The summed E-state index contributed by atoms with van der Waals surface area (Å²) in [5.74, 6) is 4.12. The summed E-state index contributed by atoms with van der Waals surface area (Å²) in [7, 11) is -1.58. The second-order valence-electron chi connectivity index (χ2n) is 6.87. The fraction of sp³-hybridized carbons (Fsp3) is 0.471. The Morgan fingerprint density at radius 3 is 2.61 bits per heavy atom. The molecule has 122 valence electrons. The van der Waals surface area contributed by atoms with Crippen molar-refractivity contribution in [3.8, 4) is 23.0 Å². The lowest BCUT2D eigenvalue weighted by molar-refractivity contribution is 0.0292. The van der Waals surface area contributed by atoms with Crippen LogP contribution < -0.4 is 9.47 Å². The van der Waals surface area contributed by atoms with Gasteiger partial charge in [0.1, 0.15) is 14.3 Å². The number of amides is 1. The highest BCUT2D eigenvalue weighted by atomic mass is 28.3. The molecule has 0 spiro atoms. The molecule has 1 N–H and O–H groups in total. The highest BCUT2D eigenvalue weighted by molar-refractivity contribution is 6.83. The Morgan fingerprint density at radius 1 is 1.30 bits per heavy atom. The van der Waals surface area contributed by atoms with Crippen LogP contribution in [0.15, 0.2) is 12.1 Å². The van der Waals surface area contributed by atoms with Gasteiger partial charge in [-0.2, -0.15) is 0 Å². The molecule has 2 aliphatic rings. The van der Waals surface area contributed by atoms with E-state index < -0.39 is 14.3 Å². The van der Waals surface area contributed by atoms with E-state index in [-0.39, 0.29) is 12.7 Å². The third-order valence-corrected chi connectivity index (χ3v) is 4.67. The monoisotopic (exact) mass is 331 g/mol. The first kappa shape index (κ1) is 15.9. The predicted octanol–water partition coefficient (Wildman–Crippen LogP) is 2.20. The van der Waals surface area contributed by atoms with Crippen molar-refractivity contribution in [2.24, 2.45) is 0 Å². The van der Waals surface area contributed by atoms with E-state index in [1.807, 2.05) is 0 Å². The lowest BCUT2D eigenvalue weighted by Crippen LogP contribution is -2.35. The van der Waals surface area contributed by atoms with Gasteiger partial charge in [-0.15, -0.1) is 5.54 Å². The minimum absolute atomic E-state index is 0.153. The summed E-state index contributed by atoms with van der Waals surface area (Å²) in [5.41, 5.74) is 4.40. The minimum atomic E-state index is -1.58. The number of carbonyl (C=O) groups is 1. The Kier molecular flexibility index (Phi) is 4.09. The number of likely N-dealkylation sites (tertiary alicyclic amines) is 1. The Labute approximate surface area is 137 Å². The number of aliphatic hydroxyl groups excluding tert-OH is 1. The zero-order valence-corrected chi connectivity index (χ0v) is 14.7. The van der Waals surface area contributed by atoms with Gasteiger partial charge in [-0.1, -0.05) is 25.6 Å². The molecule has 1 aromatic carbocycles. The van der Waals surface area contributed by atoms with E-state index in [9.17, 15) is 9.90 Å². The summed E-state index contributed by atoms with van der Waals surface area (Å²) in [6, 6.07) is 3.45. The number of carbonyl (C=O) groups excluding carboxylic acids is 1. The van der Waals surface area contributed by atoms with E-state index in [1.165, 1.54) is 4.90 Å². The molecule has 1 fully saturated rings. The van der Waals surface area contributed by atoms with Crippen molar-refractivity contribution in [3.63, 3.8) is 0 Å². The molecule has 0 bridgehead atoms. The van der Waals surface area contributed by atoms with Crippen molar-refractivity contribution in [1.29, 1.82) is 0 Å². The van der Waals surface area contributed by atoms with E-state index >= 15 is 0 Å². The number of fused-ring (bicyclic) bond motifs is 1. The number of hydrogen-bond acceptors (Lipinski definition) is 4. The van der Waals surface area contributed by atoms with Gasteiger partial charge >= 0.3 is 0 Å². The number of rotatable bonds is 1. The molecule has 3 rings (SSSR count). The lowest BCUT2D eigenvalue weighted by atomic mass is 10.1. The van der Waals surface area contributed by atoms with Crippen molar-refractivity contribution in [2.75, 3.05) is 13.3 Å². The second kappa shape index (κ2) is 5.91. The molecular formula is C17H21NO4Si. The van der Waals surface area contributed by atoms with Crippen LogP contribution in [0.1, 0.15) is 28.8 Å². The van der Waals surface area contributed by atoms with E-state index in [4.69, 9.17) is 9.47 Å². The first-order chi connectivity index (χ1) is 10.8. The average Bonchev–Trinajstić information content (AvgIpc) is 3.10. The zero-order chi connectivity index (χ0) is 16.6. The van der Waals surface area contributed by atoms with Crippen molar-refractivity contribution in [2.45, 2.75) is 38.7 Å². The summed E-state index contributed by atoms with van der Waals surface area (Å²) < 4.78 is 10.8. The molecule has 6 heteroatoms. The van der Waals surface area contributed by atoms with Crippen molar-refractivity contribution >= 4 is 14.0 Å². The van der Waals surface area contributed by atoms with Crippen LogP contribution in [0.3, 0.4) is 0 Å². The van der Waals surface area contributed by atoms with Gasteiger partial charge in [-0.3, -0.25) is 4.79 Å². The molecule has 0 aliphatic carbocycles. The second-order valence-corrected chi connectivity index (χ2v) is 11.6.